The van der Waals surface area contributed by atoms with Gasteiger partial charge in [-0.1, -0.05) is 0 Å². The van der Waals surface area contributed by atoms with Crippen LogP contribution < -0.4 is 10.6 Å². The van der Waals surface area contributed by atoms with Gasteiger partial charge in [-0.2, -0.15) is 0 Å². The lowest BCUT2D eigenvalue weighted by Gasteiger charge is -2.14. The van der Waals surface area contributed by atoms with Gasteiger partial charge in [-0.25, -0.2) is 9.78 Å². The summed E-state index contributed by atoms with van der Waals surface area (Å²) < 4.78 is 4.52. The fourth-order valence-corrected chi connectivity index (χ4v) is 0.838. The summed E-state index contributed by atoms with van der Waals surface area (Å²) in [5.41, 5.74) is 6.03. The van der Waals surface area contributed by atoms with Crippen LogP contribution in [0.2, 0.25) is 0 Å². The van der Waals surface area contributed by atoms with Crippen LogP contribution in [0.3, 0.4) is 0 Å². The first-order valence-electron chi connectivity index (χ1n) is 3.68. The lowest BCUT2D eigenvalue weighted by molar-refractivity contribution is 0.180. The van der Waals surface area contributed by atoms with Crippen LogP contribution in [0.4, 0.5) is 16.3 Å². The summed E-state index contributed by atoms with van der Waals surface area (Å²) in [4.78, 5) is 16.2. The molecule has 5 heteroatoms. The van der Waals surface area contributed by atoms with Crippen molar-refractivity contribution in [3.63, 3.8) is 0 Å². The number of hydrogen-bond donors (Lipinski definition) is 1. The topological polar surface area (TPSA) is 68.5 Å². The number of rotatable bonds is 1. The SMILES string of the molecule is COC(=O)N(C)c1ccc(N)nc1. The normalized spacial score (nSPS) is 9.38. The second kappa shape index (κ2) is 3.75. The molecule has 0 unspecified atom stereocenters. The third-order valence-electron chi connectivity index (χ3n) is 1.61. The molecule has 0 aliphatic heterocycles. The van der Waals surface area contributed by atoms with Crippen molar-refractivity contribution in [2.75, 3.05) is 24.8 Å². The van der Waals surface area contributed by atoms with Crippen molar-refractivity contribution in [2.45, 2.75) is 0 Å². The lowest BCUT2D eigenvalue weighted by atomic mass is 10.4. The lowest BCUT2D eigenvalue weighted by Crippen LogP contribution is -2.25. The van der Waals surface area contributed by atoms with Crippen molar-refractivity contribution < 1.29 is 9.53 Å². The van der Waals surface area contributed by atoms with Gasteiger partial charge in [0.05, 0.1) is 19.0 Å². The van der Waals surface area contributed by atoms with E-state index < -0.39 is 6.09 Å². The Hall–Kier alpha value is -1.78. The highest BCUT2D eigenvalue weighted by molar-refractivity contribution is 5.86. The molecule has 1 heterocycles. The van der Waals surface area contributed by atoms with Crippen LogP contribution in [-0.2, 0) is 4.74 Å². The Morgan fingerprint density at radius 2 is 2.31 bits per heavy atom. The Bertz CT molecular complexity index is 297. The van der Waals surface area contributed by atoms with Crippen molar-refractivity contribution >= 4 is 17.6 Å². The molecule has 0 saturated carbocycles. The van der Waals surface area contributed by atoms with Crippen molar-refractivity contribution in [3.05, 3.63) is 18.3 Å². The third-order valence-corrected chi connectivity index (χ3v) is 1.61. The van der Waals surface area contributed by atoms with E-state index in [1.54, 1.807) is 19.2 Å². The zero-order valence-electron chi connectivity index (χ0n) is 7.52. The summed E-state index contributed by atoms with van der Waals surface area (Å²) in [6, 6.07) is 3.31. The number of nitrogens with two attached hydrogens (primary N) is 1. The fourth-order valence-electron chi connectivity index (χ4n) is 0.838. The number of carbonyl (C=O) groups excluding carboxylic acids is 1. The first kappa shape index (κ1) is 9.31. The summed E-state index contributed by atoms with van der Waals surface area (Å²) in [5.74, 6) is 0.419. The highest BCUT2D eigenvalue weighted by Gasteiger charge is 2.09. The minimum Gasteiger partial charge on any atom is -0.452 e. The standard InChI is InChI=1S/C8H11N3O2/c1-11(8(12)13-2)6-3-4-7(9)10-5-6/h3-5H,1-2H3,(H2,9,10). The molecule has 0 atom stereocenters. The summed E-state index contributed by atoms with van der Waals surface area (Å²) in [6.07, 6.45) is 1.07. The molecule has 13 heavy (non-hydrogen) atoms. The van der Waals surface area contributed by atoms with E-state index in [1.807, 2.05) is 0 Å². The molecular formula is C8H11N3O2. The zero-order valence-corrected chi connectivity index (χ0v) is 7.52. The molecule has 0 spiro atoms. The van der Waals surface area contributed by atoms with Gasteiger partial charge in [-0.15, -0.1) is 0 Å². The molecule has 1 rings (SSSR count). The van der Waals surface area contributed by atoms with E-state index in [1.165, 1.54) is 18.2 Å². The second-order valence-electron chi connectivity index (χ2n) is 2.47. The number of hydrogen-bond acceptors (Lipinski definition) is 4. The highest BCUT2D eigenvalue weighted by Crippen LogP contribution is 2.12. The molecule has 1 amide bonds. The highest BCUT2D eigenvalue weighted by atomic mass is 16.5. The molecule has 1 aromatic rings. The van der Waals surface area contributed by atoms with E-state index in [9.17, 15) is 4.79 Å². The number of pyridine rings is 1. The van der Waals surface area contributed by atoms with E-state index in [-0.39, 0.29) is 0 Å². The Morgan fingerprint density at radius 3 is 2.77 bits per heavy atom. The van der Waals surface area contributed by atoms with Gasteiger partial charge in [0, 0.05) is 7.05 Å². The van der Waals surface area contributed by atoms with Crippen molar-refractivity contribution in [1.29, 1.82) is 0 Å². The van der Waals surface area contributed by atoms with E-state index in [0.717, 1.165) is 0 Å². The molecule has 0 aromatic carbocycles. The number of amides is 1. The van der Waals surface area contributed by atoms with Crippen LogP contribution >= 0.6 is 0 Å². The molecule has 0 fully saturated rings. The number of anilines is 2. The Kier molecular flexibility index (Phi) is 2.69. The summed E-state index contributed by atoms with van der Waals surface area (Å²) in [5, 5.41) is 0. The monoisotopic (exact) mass is 181 g/mol. The van der Waals surface area contributed by atoms with Crippen LogP contribution in [-0.4, -0.2) is 25.2 Å². The average molecular weight is 181 g/mol. The largest absolute Gasteiger partial charge is 0.452 e. The van der Waals surface area contributed by atoms with Gasteiger partial charge >= 0.3 is 6.09 Å². The van der Waals surface area contributed by atoms with Gasteiger partial charge in [0.25, 0.3) is 0 Å². The van der Waals surface area contributed by atoms with Crippen LogP contribution in [0, 0.1) is 0 Å². The second-order valence-corrected chi connectivity index (χ2v) is 2.47. The number of methoxy groups -OCH3 is 1. The number of carbonyl (C=O) groups is 1. The zero-order chi connectivity index (χ0) is 9.84. The number of nitrogen functional groups attached to an aromatic ring is 1. The number of ether oxygens (including phenoxy) is 1. The van der Waals surface area contributed by atoms with Gasteiger partial charge in [-0.05, 0) is 12.1 Å². The minimum atomic E-state index is -0.438. The molecule has 0 aliphatic carbocycles. The first-order valence-corrected chi connectivity index (χ1v) is 3.68. The summed E-state index contributed by atoms with van der Waals surface area (Å²) >= 11 is 0. The van der Waals surface area contributed by atoms with E-state index in [4.69, 9.17) is 5.73 Å². The first-order chi connectivity index (χ1) is 6.15. The van der Waals surface area contributed by atoms with Crippen LogP contribution in [0.1, 0.15) is 0 Å². The van der Waals surface area contributed by atoms with Crippen molar-refractivity contribution in [3.8, 4) is 0 Å². The maximum Gasteiger partial charge on any atom is 0.413 e. The Labute approximate surface area is 76.1 Å². The number of nitrogens with zero attached hydrogens (tertiary/aromatic N) is 2. The van der Waals surface area contributed by atoms with Crippen LogP contribution in [0.15, 0.2) is 18.3 Å². The van der Waals surface area contributed by atoms with Crippen molar-refractivity contribution in [1.82, 2.24) is 4.98 Å². The van der Waals surface area contributed by atoms with Crippen LogP contribution in [0.25, 0.3) is 0 Å². The molecule has 2 N–H and O–H groups in total. The minimum absolute atomic E-state index is 0.419. The predicted molar refractivity (Wildman–Crippen MR) is 49.5 cm³/mol. The number of aromatic nitrogens is 1. The Morgan fingerprint density at radius 1 is 1.62 bits per heavy atom. The predicted octanol–water partition coefficient (Wildman–Crippen LogP) is 0.866. The van der Waals surface area contributed by atoms with E-state index in [0.29, 0.717) is 11.5 Å². The molecular weight excluding hydrogens is 170 g/mol. The van der Waals surface area contributed by atoms with Crippen LogP contribution in [0.5, 0.6) is 0 Å². The summed E-state index contributed by atoms with van der Waals surface area (Å²) in [6.45, 7) is 0. The molecule has 70 valence electrons. The van der Waals surface area contributed by atoms with Gasteiger partial charge < -0.3 is 10.5 Å². The van der Waals surface area contributed by atoms with Gasteiger partial charge in [0.15, 0.2) is 0 Å². The molecule has 5 nitrogen and oxygen atoms in total. The van der Waals surface area contributed by atoms with Gasteiger partial charge in [0.2, 0.25) is 0 Å². The molecule has 0 radical (unpaired) electrons. The maximum absolute atomic E-state index is 11.0. The smallest absolute Gasteiger partial charge is 0.413 e. The fraction of sp³-hybridized carbons (Fsp3) is 0.250. The quantitative estimate of drug-likeness (QED) is 0.697. The third kappa shape index (κ3) is 2.08. The van der Waals surface area contributed by atoms with Gasteiger partial charge in [-0.3, -0.25) is 4.90 Å². The van der Waals surface area contributed by atoms with Crippen molar-refractivity contribution in [2.24, 2.45) is 0 Å². The average Bonchev–Trinajstić information content (AvgIpc) is 2.17. The molecule has 0 saturated heterocycles. The van der Waals surface area contributed by atoms with E-state index >= 15 is 0 Å². The molecule has 1 aromatic heterocycles. The molecule has 0 bridgehead atoms. The van der Waals surface area contributed by atoms with Gasteiger partial charge in [0.1, 0.15) is 5.82 Å². The Balaban J connectivity index is 2.83. The maximum atomic E-state index is 11.0. The molecule has 0 aliphatic rings. The van der Waals surface area contributed by atoms with E-state index in [2.05, 4.69) is 9.72 Å². The summed E-state index contributed by atoms with van der Waals surface area (Å²) in [7, 11) is 2.92.